The standard InChI is InChI=1S/C10H15N.C3H6/c1-10(2,11-3)9-7-5-4-6-8-9;1-3-2/h4-8,11H,1-3H3;3H,1H2,2H3. The van der Waals surface area contributed by atoms with Crippen LogP contribution in [-0.4, -0.2) is 7.05 Å². The van der Waals surface area contributed by atoms with E-state index < -0.39 is 0 Å². The lowest BCUT2D eigenvalue weighted by atomic mass is 9.95. The van der Waals surface area contributed by atoms with Gasteiger partial charge in [-0.05, 0) is 33.4 Å². The second kappa shape index (κ2) is 6.39. The van der Waals surface area contributed by atoms with Gasteiger partial charge >= 0.3 is 0 Å². The van der Waals surface area contributed by atoms with E-state index in [-0.39, 0.29) is 5.54 Å². The number of hydrogen-bond donors (Lipinski definition) is 1. The molecule has 0 bridgehead atoms. The third kappa shape index (κ3) is 4.24. The zero-order valence-electron chi connectivity index (χ0n) is 9.67. The molecule has 0 atom stereocenters. The smallest absolute Gasteiger partial charge is 0.0374 e. The van der Waals surface area contributed by atoms with Crippen LogP contribution in [0.1, 0.15) is 26.3 Å². The van der Waals surface area contributed by atoms with E-state index in [4.69, 9.17) is 0 Å². The Bertz CT molecular complexity index is 249. The summed E-state index contributed by atoms with van der Waals surface area (Å²) in [5.41, 5.74) is 1.41. The SMILES string of the molecule is C=CC.CNC(C)(C)c1ccccc1. The van der Waals surface area contributed by atoms with E-state index in [1.54, 1.807) is 6.08 Å². The molecule has 0 aromatic heterocycles. The predicted molar refractivity (Wildman–Crippen MR) is 64.4 cm³/mol. The molecule has 14 heavy (non-hydrogen) atoms. The highest BCUT2D eigenvalue weighted by Gasteiger charge is 2.15. The summed E-state index contributed by atoms with van der Waals surface area (Å²) >= 11 is 0. The first-order valence-corrected chi connectivity index (χ1v) is 4.90. The summed E-state index contributed by atoms with van der Waals surface area (Å²) in [6.45, 7) is 9.59. The summed E-state index contributed by atoms with van der Waals surface area (Å²) in [5.74, 6) is 0. The van der Waals surface area contributed by atoms with E-state index in [2.05, 4.69) is 50.0 Å². The first-order valence-electron chi connectivity index (χ1n) is 4.90. The maximum atomic E-state index is 3.36. The normalized spacial score (nSPS) is 10.0. The van der Waals surface area contributed by atoms with Crippen molar-refractivity contribution in [2.75, 3.05) is 7.05 Å². The van der Waals surface area contributed by atoms with E-state index in [1.807, 2.05) is 20.0 Å². The van der Waals surface area contributed by atoms with Crippen molar-refractivity contribution in [3.63, 3.8) is 0 Å². The van der Waals surface area contributed by atoms with Crippen LogP contribution in [-0.2, 0) is 5.54 Å². The zero-order chi connectivity index (χ0) is 11.0. The van der Waals surface area contributed by atoms with E-state index in [0.717, 1.165) is 0 Å². The number of benzene rings is 1. The van der Waals surface area contributed by atoms with E-state index in [1.165, 1.54) is 5.56 Å². The molecule has 78 valence electrons. The maximum Gasteiger partial charge on any atom is 0.0374 e. The van der Waals surface area contributed by atoms with Crippen LogP contribution in [0.3, 0.4) is 0 Å². The largest absolute Gasteiger partial charge is 0.311 e. The van der Waals surface area contributed by atoms with Crippen LogP contribution >= 0.6 is 0 Å². The van der Waals surface area contributed by atoms with Gasteiger partial charge in [-0.3, -0.25) is 0 Å². The molecule has 0 amide bonds. The third-order valence-electron chi connectivity index (χ3n) is 2.12. The van der Waals surface area contributed by atoms with Crippen LogP contribution in [0.2, 0.25) is 0 Å². The second-order valence-electron chi connectivity index (χ2n) is 3.65. The molecule has 0 aliphatic carbocycles. The topological polar surface area (TPSA) is 12.0 Å². The average Bonchev–Trinajstić information content (AvgIpc) is 2.20. The number of allylic oxidation sites excluding steroid dienone is 1. The highest BCUT2D eigenvalue weighted by Crippen LogP contribution is 2.17. The zero-order valence-corrected chi connectivity index (χ0v) is 9.67. The molecule has 1 N–H and O–H groups in total. The lowest BCUT2D eigenvalue weighted by Crippen LogP contribution is -2.32. The molecule has 0 saturated carbocycles. The summed E-state index contributed by atoms with van der Waals surface area (Å²) in [7, 11) is 1.98. The van der Waals surface area contributed by atoms with E-state index in [0.29, 0.717) is 0 Å². The van der Waals surface area contributed by atoms with Crippen LogP contribution in [0.4, 0.5) is 0 Å². The van der Waals surface area contributed by atoms with E-state index >= 15 is 0 Å². The van der Waals surface area contributed by atoms with Crippen molar-refractivity contribution in [1.82, 2.24) is 5.32 Å². The lowest BCUT2D eigenvalue weighted by molar-refractivity contribution is 0.445. The Morgan fingerprint density at radius 2 is 1.64 bits per heavy atom. The number of hydrogen-bond acceptors (Lipinski definition) is 1. The first-order chi connectivity index (χ1) is 6.58. The van der Waals surface area contributed by atoms with Crippen LogP contribution in [0.5, 0.6) is 0 Å². The van der Waals surface area contributed by atoms with Crippen LogP contribution in [0.25, 0.3) is 0 Å². The van der Waals surface area contributed by atoms with Crippen LogP contribution < -0.4 is 5.32 Å². The Morgan fingerprint density at radius 1 is 1.21 bits per heavy atom. The average molecular weight is 191 g/mol. The molecule has 0 heterocycles. The molecular formula is C13H21N. The number of rotatable bonds is 2. The van der Waals surface area contributed by atoms with E-state index in [9.17, 15) is 0 Å². The summed E-state index contributed by atoms with van der Waals surface area (Å²) < 4.78 is 0. The highest BCUT2D eigenvalue weighted by molar-refractivity contribution is 5.22. The summed E-state index contributed by atoms with van der Waals surface area (Å²) in [6.07, 6.45) is 1.75. The Balaban J connectivity index is 0.000000500. The van der Waals surface area contributed by atoms with Crippen molar-refractivity contribution in [2.24, 2.45) is 0 Å². The Labute approximate surface area is 87.9 Å². The van der Waals surface area contributed by atoms with Crippen LogP contribution in [0.15, 0.2) is 43.0 Å². The van der Waals surface area contributed by atoms with Crippen molar-refractivity contribution in [2.45, 2.75) is 26.3 Å². The summed E-state index contributed by atoms with van der Waals surface area (Å²) in [6, 6.07) is 10.4. The second-order valence-corrected chi connectivity index (χ2v) is 3.65. The fourth-order valence-electron chi connectivity index (χ4n) is 0.999. The third-order valence-corrected chi connectivity index (χ3v) is 2.12. The maximum absolute atomic E-state index is 3.36. The van der Waals surface area contributed by atoms with Gasteiger partial charge in [0.05, 0.1) is 0 Å². The molecule has 0 radical (unpaired) electrons. The fourth-order valence-corrected chi connectivity index (χ4v) is 0.999. The molecule has 1 nitrogen and oxygen atoms in total. The molecule has 0 spiro atoms. The Hall–Kier alpha value is -1.08. The molecule has 1 heteroatoms. The van der Waals surface area contributed by atoms with Gasteiger partial charge in [-0.25, -0.2) is 0 Å². The quantitative estimate of drug-likeness (QED) is 0.707. The molecule has 1 aromatic rings. The lowest BCUT2D eigenvalue weighted by Gasteiger charge is -2.24. The van der Waals surface area contributed by atoms with Gasteiger partial charge in [0.25, 0.3) is 0 Å². The minimum atomic E-state index is 0.0846. The van der Waals surface area contributed by atoms with Gasteiger partial charge in [-0.15, -0.1) is 6.58 Å². The van der Waals surface area contributed by atoms with Crippen molar-refractivity contribution >= 4 is 0 Å². The van der Waals surface area contributed by atoms with Crippen molar-refractivity contribution in [3.05, 3.63) is 48.6 Å². The van der Waals surface area contributed by atoms with Gasteiger partial charge in [0.1, 0.15) is 0 Å². The van der Waals surface area contributed by atoms with Gasteiger partial charge < -0.3 is 5.32 Å². The van der Waals surface area contributed by atoms with Gasteiger partial charge in [0.2, 0.25) is 0 Å². The highest BCUT2D eigenvalue weighted by atomic mass is 14.9. The van der Waals surface area contributed by atoms with Crippen molar-refractivity contribution < 1.29 is 0 Å². The molecule has 0 saturated heterocycles. The van der Waals surface area contributed by atoms with Crippen molar-refractivity contribution in [3.8, 4) is 0 Å². The molecule has 1 rings (SSSR count). The molecule has 0 fully saturated rings. The van der Waals surface area contributed by atoms with Gasteiger partial charge in [-0.2, -0.15) is 0 Å². The summed E-state index contributed by atoms with van der Waals surface area (Å²) in [5, 5.41) is 3.26. The van der Waals surface area contributed by atoms with Gasteiger partial charge in [0.15, 0.2) is 0 Å². The molecular weight excluding hydrogens is 170 g/mol. The van der Waals surface area contributed by atoms with Crippen LogP contribution in [0, 0.1) is 0 Å². The summed E-state index contributed by atoms with van der Waals surface area (Å²) in [4.78, 5) is 0. The molecule has 0 aliphatic rings. The monoisotopic (exact) mass is 191 g/mol. The number of nitrogens with one attached hydrogen (secondary N) is 1. The van der Waals surface area contributed by atoms with Gasteiger partial charge in [-0.1, -0.05) is 36.4 Å². The Morgan fingerprint density at radius 3 is 2.00 bits per heavy atom. The minimum Gasteiger partial charge on any atom is -0.311 e. The Kier molecular flexibility index (Phi) is 5.89. The molecule has 0 aliphatic heterocycles. The van der Waals surface area contributed by atoms with Gasteiger partial charge in [0, 0.05) is 5.54 Å². The fraction of sp³-hybridized carbons (Fsp3) is 0.385. The predicted octanol–water partition coefficient (Wildman–Crippen LogP) is 3.33. The molecule has 1 aromatic carbocycles. The molecule has 0 unspecified atom stereocenters. The first kappa shape index (κ1) is 12.9. The minimum absolute atomic E-state index is 0.0846. The van der Waals surface area contributed by atoms with Crippen molar-refractivity contribution in [1.29, 1.82) is 0 Å².